The molecule has 0 aliphatic heterocycles. The van der Waals surface area contributed by atoms with Gasteiger partial charge in [0.2, 0.25) is 0 Å². The first-order valence-electron chi connectivity index (χ1n) is 3.97. The highest BCUT2D eigenvalue weighted by atomic mass is 32.2. The molecule has 4 nitrogen and oxygen atoms in total. The zero-order valence-electron chi connectivity index (χ0n) is 7.34. The predicted octanol–water partition coefficient (Wildman–Crippen LogP) is 1.12. The lowest BCUT2D eigenvalue weighted by Gasteiger charge is -1.97. The highest BCUT2D eigenvalue weighted by molar-refractivity contribution is 8.13. The fraction of sp³-hybridized carbons (Fsp3) is 0.714. The van der Waals surface area contributed by atoms with Crippen molar-refractivity contribution in [2.24, 2.45) is 16.5 Å². The summed E-state index contributed by atoms with van der Waals surface area (Å²) in [6.45, 7) is 2.14. The number of hydrogen-bond donors (Lipinski definition) is 3. The van der Waals surface area contributed by atoms with E-state index in [0.29, 0.717) is 0 Å². The molecule has 0 amide bonds. The summed E-state index contributed by atoms with van der Waals surface area (Å²) < 4.78 is 0. The lowest BCUT2D eigenvalue weighted by atomic mass is 10.3. The number of thioether (sulfide) groups is 1. The van der Waals surface area contributed by atoms with Crippen LogP contribution in [0.25, 0.3) is 0 Å². The zero-order valence-corrected chi connectivity index (χ0v) is 8.16. The number of guanidine groups is 1. The largest absolute Gasteiger partial charge is 0.370 e. The SMILES string of the molecule is CCCCCSC(=N)N=C(N)N. The molecule has 5 N–H and O–H groups in total. The van der Waals surface area contributed by atoms with Crippen molar-refractivity contribution in [1.29, 1.82) is 5.41 Å². The maximum atomic E-state index is 7.27. The summed E-state index contributed by atoms with van der Waals surface area (Å²) in [7, 11) is 0. The fourth-order valence-corrected chi connectivity index (χ4v) is 1.38. The van der Waals surface area contributed by atoms with Crippen LogP contribution in [0.5, 0.6) is 0 Å². The van der Waals surface area contributed by atoms with E-state index in [4.69, 9.17) is 16.9 Å². The molecule has 0 aliphatic rings. The minimum absolute atomic E-state index is 0.0389. The molecule has 0 spiro atoms. The van der Waals surface area contributed by atoms with Crippen LogP contribution < -0.4 is 11.5 Å². The molecule has 12 heavy (non-hydrogen) atoms. The highest BCUT2D eigenvalue weighted by Crippen LogP contribution is 2.07. The van der Waals surface area contributed by atoms with Crippen molar-refractivity contribution in [3.63, 3.8) is 0 Å². The zero-order chi connectivity index (χ0) is 9.40. The van der Waals surface area contributed by atoms with Crippen molar-refractivity contribution >= 4 is 22.9 Å². The van der Waals surface area contributed by atoms with Crippen LogP contribution in [-0.4, -0.2) is 16.9 Å². The van der Waals surface area contributed by atoms with Crippen LogP contribution in [0.3, 0.4) is 0 Å². The number of rotatable bonds is 4. The molecule has 0 fully saturated rings. The van der Waals surface area contributed by atoms with E-state index >= 15 is 0 Å². The second-order valence-corrected chi connectivity index (χ2v) is 3.48. The summed E-state index contributed by atoms with van der Waals surface area (Å²) in [5, 5.41) is 7.47. The molecule has 0 aliphatic carbocycles. The summed E-state index contributed by atoms with van der Waals surface area (Å²) in [5.41, 5.74) is 10.2. The molecule has 0 rings (SSSR count). The Labute approximate surface area is 77.3 Å². The van der Waals surface area contributed by atoms with E-state index in [1.807, 2.05) is 0 Å². The van der Waals surface area contributed by atoms with Crippen molar-refractivity contribution in [2.45, 2.75) is 26.2 Å². The van der Waals surface area contributed by atoms with Crippen LogP contribution in [0, 0.1) is 5.41 Å². The molecule has 70 valence electrons. The van der Waals surface area contributed by atoms with Crippen molar-refractivity contribution < 1.29 is 0 Å². The minimum atomic E-state index is -0.0389. The molecule has 0 aromatic heterocycles. The normalized spacial score (nSPS) is 9.42. The third-order valence-electron chi connectivity index (χ3n) is 1.22. The van der Waals surface area contributed by atoms with E-state index in [-0.39, 0.29) is 11.1 Å². The van der Waals surface area contributed by atoms with Crippen LogP contribution >= 0.6 is 11.8 Å². The van der Waals surface area contributed by atoms with Gasteiger partial charge in [-0.05, 0) is 6.42 Å². The Morgan fingerprint density at radius 2 is 2.08 bits per heavy atom. The summed E-state index contributed by atoms with van der Waals surface area (Å²) in [6.07, 6.45) is 3.50. The van der Waals surface area contributed by atoms with Gasteiger partial charge in [-0.2, -0.15) is 4.99 Å². The van der Waals surface area contributed by atoms with E-state index < -0.39 is 0 Å². The van der Waals surface area contributed by atoms with E-state index in [1.54, 1.807) is 0 Å². The fourth-order valence-electron chi connectivity index (χ4n) is 0.670. The van der Waals surface area contributed by atoms with E-state index in [0.717, 1.165) is 12.2 Å². The molecule has 0 saturated heterocycles. The van der Waals surface area contributed by atoms with Gasteiger partial charge in [-0.25, -0.2) is 0 Å². The number of nitrogens with one attached hydrogen (secondary N) is 1. The number of hydrogen-bond acceptors (Lipinski definition) is 2. The smallest absolute Gasteiger partial charge is 0.193 e. The van der Waals surface area contributed by atoms with Gasteiger partial charge >= 0.3 is 0 Å². The Balaban J connectivity index is 3.39. The first kappa shape index (κ1) is 11.3. The lowest BCUT2D eigenvalue weighted by Crippen LogP contribution is -2.23. The molecular formula is C7H16N4S. The third kappa shape index (κ3) is 7.40. The number of amidine groups is 1. The standard InChI is InChI=1S/C7H16N4S/c1-2-3-4-5-12-7(10)11-6(8)9/h2-5H2,1H3,(H5,8,9,10,11). The van der Waals surface area contributed by atoms with Gasteiger partial charge in [0.05, 0.1) is 0 Å². The van der Waals surface area contributed by atoms with Gasteiger partial charge in [-0.1, -0.05) is 31.5 Å². The van der Waals surface area contributed by atoms with Gasteiger partial charge < -0.3 is 11.5 Å². The minimum Gasteiger partial charge on any atom is -0.370 e. The molecule has 0 radical (unpaired) electrons. The van der Waals surface area contributed by atoms with Crippen molar-refractivity contribution in [2.75, 3.05) is 5.75 Å². The molecule has 0 aromatic carbocycles. The van der Waals surface area contributed by atoms with Gasteiger partial charge in [-0.15, -0.1) is 0 Å². The average molecular weight is 188 g/mol. The van der Waals surface area contributed by atoms with Crippen LogP contribution in [0.2, 0.25) is 0 Å². The first-order valence-corrected chi connectivity index (χ1v) is 4.96. The van der Waals surface area contributed by atoms with Crippen LogP contribution in [-0.2, 0) is 0 Å². The average Bonchev–Trinajstić information content (AvgIpc) is 1.97. The topological polar surface area (TPSA) is 88.2 Å². The molecule has 0 aromatic rings. The molecule has 5 heteroatoms. The summed E-state index contributed by atoms with van der Waals surface area (Å²) >= 11 is 1.38. The highest BCUT2D eigenvalue weighted by Gasteiger charge is 1.94. The lowest BCUT2D eigenvalue weighted by molar-refractivity contribution is 0.779. The Hall–Kier alpha value is -0.710. The second-order valence-electron chi connectivity index (χ2n) is 2.40. The van der Waals surface area contributed by atoms with E-state index in [2.05, 4.69) is 11.9 Å². The van der Waals surface area contributed by atoms with Gasteiger partial charge in [-0.3, -0.25) is 5.41 Å². The number of aliphatic imine (C=N–C) groups is 1. The van der Waals surface area contributed by atoms with Crippen molar-refractivity contribution in [3.05, 3.63) is 0 Å². The molecule has 0 bridgehead atoms. The van der Waals surface area contributed by atoms with Crippen LogP contribution in [0.1, 0.15) is 26.2 Å². The Bertz CT molecular complexity index is 163. The van der Waals surface area contributed by atoms with Crippen molar-refractivity contribution in [3.8, 4) is 0 Å². The predicted molar refractivity (Wildman–Crippen MR) is 55.5 cm³/mol. The van der Waals surface area contributed by atoms with Gasteiger partial charge in [0, 0.05) is 5.75 Å². The van der Waals surface area contributed by atoms with Gasteiger partial charge in [0.25, 0.3) is 0 Å². The van der Waals surface area contributed by atoms with Crippen molar-refractivity contribution in [1.82, 2.24) is 0 Å². The molecular weight excluding hydrogens is 172 g/mol. The van der Waals surface area contributed by atoms with E-state index in [9.17, 15) is 0 Å². The second kappa shape index (κ2) is 6.97. The maximum Gasteiger partial charge on any atom is 0.193 e. The Kier molecular flexibility index (Phi) is 6.55. The first-order chi connectivity index (χ1) is 5.66. The van der Waals surface area contributed by atoms with Crippen LogP contribution in [0.4, 0.5) is 0 Å². The number of unbranched alkanes of at least 4 members (excludes halogenated alkanes) is 2. The molecule has 0 heterocycles. The van der Waals surface area contributed by atoms with Gasteiger partial charge in [0.15, 0.2) is 11.1 Å². The molecule has 0 saturated carbocycles. The Morgan fingerprint density at radius 1 is 1.42 bits per heavy atom. The van der Waals surface area contributed by atoms with E-state index in [1.165, 1.54) is 24.6 Å². The Morgan fingerprint density at radius 3 is 2.58 bits per heavy atom. The quantitative estimate of drug-likeness (QED) is 0.351. The van der Waals surface area contributed by atoms with Gasteiger partial charge in [0.1, 0.15) is 0 Å². The van der Waals surface area contributed by atoms with Crippen LogP contribution in [0.15, 0.2) is 4.99 Å². The summed E-state index contributed by atoms with van der Waals surface area (Å²) in [5.74, 6) is 0.881. The molecule has 0 unspecified atom stereocenters. The number of nitrogens with zero attached hydrogens (tertiary/aromatic N) is 1. The third-order valence-corrected chi connectivity index (χ3v) is 2.07. The monoisotopic (exact) mass is 188 g/mol. The number of nitrogens with two attached hydrogens (primary N) is 2. The molecule has 0 atom stereocenters. The maximum absolute atomic E-state index is 7.27. The summed E-state index contributed by atoms with van der Waals surface area (Å²) in [6, 6.07) is 0. The summed E-state index contributed by atoms with van der Waals surface area (Å²) in [4.78, 5) is 3.59.